The number of hydrogen-bond acceptors (Lipinski definition) is 5. The van der Waals surface area contributed by atoms with Crippen molar-refractivity contribution >= 4 is 11.8 Å². The summed E-state index contributed by atoms with van der Waals surface area (Å²) in [6.07, 6.45) is 6.74. The first kappa shape index (κ1) is 26.5. The van der Waals surface area contributed by atoms with Crippen LogP contribution >= 0.6 is 0 Å². The summed E-state index contributed by atoms with van der Waals surface area (Å²) >= 11 is 0. The van der Waals surface area contributed by atoms with Crippen molar-refractivity contribution in [2.24, 2.45) is 5.41 Å². The molecule has 0 unspecified atom stereocenters. The van der Waals surface area contributed by atoms with Crippen molar-refractivity contribution < 1.29 is 19.4 Å². The maximum atomic E-state index is 13.6. The summed E-state index contributed by atoms with van der Waals surface area (Å²) in [5, 5.41) is 12.3. The fourth-order valence-corrected chi connectivity index (χ4v) is 4.34. The Morgan fingerprint density at radius 2 is 1.94 bits per heavy atom. The van der Waals surface area contributed by atoms with E-state index in [1.807, 2.05) is 45.0 Å². The molecule has 2 heterocycles. The van der Waals surface area contributed by atoms with Crippen LogP contribution in [0, 0.1) is 5.41 Å². The maximum Gasteiger partial charge on any atom is 0.259 e. The third-order valence-corrected chi connectivity index (χ3v) is 6.57. The molecule has 3 rings (SSSR count). The molecule has 0 spiro atoms. The van der Waals surface area contributed by atoms with Gasteiger partial charge >= 0.3 is 0 Å². The standard InChI is InChI=1S/C27H37N3O5/c1-5-20-10-6-7-12-30(20)26(34)23-16-29(14-19-9-8-11-21(13-19)35-4)15-22(24(23)32)25(33)28-17-27(2,3)18-31/h8-9,11,13,15-16,20,31H,5-7,10,12,14,17-18H2,1-4H3,(H,28,33)/t20-/m1/s1. The lowest BCUT2D eigenvalue weighted by Gasteiger charge is -2.35. The molecule has 8 nitrogen and oxygen atoms in total. The van der Waals surface area contributed by atoms with E-state index in [4.69, 9.17) is 4.74 Å². The molecule has 0 aliphatic carbocycles. The second-order valence-electron chi connectivity index (χ2n) is 10.00. The Morgan fingerprint density at radius 1 is 1.20 bits per heavy atom. The van der Waals surface area contributed by atoms with Crippen LogP contribution in [0.4, 0.5) is 0 Å². The van der Waals surface area contributed by atoms with Gasteiger partial charge in [0.25, 0.3) is 11.8 Å². The minimum Gasteiger partial charge on any atom is -0.497 e. The normalized spacial score (nSPS) is 16.1. The number of aliphatic hydroxyl groups is 1. The highest BCUT2D eigenvalue weighted by Crippen LogP contribution is 2.22. The van der Waals surface area contributed by atoms with Crippen LogP contribution in [0.3, 0.4) is 0 Å². The molecule has 190 valence electrons. The van der Waals surface area contributed by atoms with Gasteiger partial charge in [0.05, 0.1) is 7.11 Å². The molecule has 0 radical (unpaired) electrons. The third-order valence-electron chi connectivity index (χ3n) is 6.57. The van der Waals surface area contributed by atoms with Gasteiger partial charge in [0.1, 0.15) is 16.9 Å². The molecule has 1 aromatic heterocycles. The number of nitrogens with zero attached hydrogens (tertiary/aromatic N) is 2. The van der Waals surface area contributed by atoms with Crippen molar-refractivity contribution in [3.63, 3.8) is 0 Å². The van der Waals surface area contributed by atoms with Gasteiger partial charge in [0.2, 0.25) is 5.43 Å². The van der Waals surface area contributed by atoms with Gasteiger partial charge in [-0.05, 0) is 43.4 Å². The number of rotatable bonds is 9. The summed E-state index contributed by atoms with van der Waals surface area (Å²) in [6, 6.07) is 7.59. The predicted octanol–water partition coefficient (Wildman–Crippen LogP) is 3.06. The molecule has 1 aromatic carbocycles. The number of benzene rings is 1. The quantitative estimate of drug-likeness (QED) is 0.571. The second-order valence-corrected chi connectivity index (χ2v) is 10.00. The van der Waals surface area contributed by atoms with Crippen molar-refractivity contribution in [2.75, 3.05) is 26.8 Å². The molecule has 8 heteroatoms. The van der Waals surface area contributed by atoms with Gasteiger partial charge in [0, 0.05) is 50.1 Å². The zero-order valence-corrected chi connectivity index (χ0v) is 21.2. The van der Waals surface area contributed by atoms with Gasteiger partial charge in [-0.2, -0.15) is 0 Å². The Labute approximate surface area is 206 Å². The molecule has 1 aliphatic rings. The predicted molar refractivity (Wildman–Crippen MR) is 135 cm³/mol. The average Bonchev–Trinajstić information content (AvgIpc) is 2.87. The number of aromatic nitrogens is 1. The number of amides is 2. The Bertz CT molecular complexity index is 1110. The molecular formula is C27H37N3O5. The van der Waals surface area contributed by atoms with Crippen LogP contribution in [0.2, 0.25) is 0 Å². The van der Waals surface area contributed by atoms with E-state index in [0.29, 0.717) is 18.8 Å². The summed E-state index contributed by atoms with van der Waals surface area (Å²) in [5.41, 5.74) is -0.287. The van der Waals surface area contributed by atoms with Gasteiger partial charge in [0.15, 0.2) is 0 Å². The van der Waals surface area contributed by atoms with Crippen molar-refractivity contribution in [1.29, 1.82) is 0 Å². The van der Waals surface area contributed by atoms with Crippen molar-refractivity contribution in [3.05, 3.63) is 63.6 Å². The first-order valence-corrected chi connectivity index (χ1v) is 12.3. The van der Waals surface area contributed by atoms with Gasteiger partial charge in [-0.3, -0.25) is 14.4 Å². The zero-order chi connectivity index (χ0) is 25.6. The number of carbonyl (C=O) groups excluding carboxylic acids is 2. The van der Waals surface area contributed by atoms with Crippen LogP contribution in [-0.4, -0.2) is 59.2 Å². The number of likely N-dealkylation sites (tertiary alicyclic amines) is 1. The number of aliphatic hydroxyl groups excluding tert-OH is 1. The molecule has 2 amide bonds. The van der Waals surface area contributed by atoms with Crippen LogP contribution in [0.15, 0.2) is 41.5 Å². The summed E-state index contributed by atoms with van der Waals surface area (Å²) in [6.45, 7) is 6.72. The van der Waals surface area contributed by atoms with E-state index in [1.165, 1.54) is 6.20 Å². The van der Waals surface area contributed by atoms with E-state index < -0.39 is 16.8 Å². The molecule has 0 bridgehead atoms. The number of methoxy groups -OCH3 is 1. The molecule has 2 aromatic rings. The SMILES string of the molecule is CC[C@@H]1CCCCN1C(=O)c1cn(Cc2cccc(OC)c2)cc(C(=O)NCC(C)(C)CO)c1=O. The molecule has 35 heavy (non-hydrogen) atoms. The van der Waals surface area contributed by atoms with E-state index in [9.17, 15) is 19.5 Å². The Kier molecular flexibility index (Phi) is 8.72. The lowest BCUT2D eigenvalue weighted by atomic mass is 9.95. The van der Waals surface area contributed by atoms with Gasteiger partial charge in [-0.15, -0.1) is 0 Å². The molecule has 1 aliphatic heterocycles. The lowest BCUT2D eigenvalue weighted by molar-refractivity contribution is 0.0605. The topological polar surface area (TPSA) is 101 Å². The number of carbonyl (C=O) groups is 2. The van der Waals surface area contributed by atoms with Crippen LogP contribution in [0.5, 0.6) is 5.75 Å². The van der Waals surface area contributed by atoms with E-state index in [-0.39, 0.29) is 36.2 Å². The molecule has 1 atom stereocenters. The summed E-state index contributed by atoms with van der Waals surface area (Å²) < 4.78 is 7.02. The van der Waals surface area contributed by atoms with Gasteiger partial charge < -0.3 is 24.6 Å². The van der Waals surface area contributed by atoms with Crippen molar-refractivity contribution in [3.8, 4) is 5.75 Å². The van der Waals surface area contributed by atoms with Gasteiger partial charge in [-0.25, -0.2) is 0 Å². The van der Waals surface area contributed by atoms with Crippen molar-refractivity contribution in [2.45, 2.75) is 59.0 Å². The molecule has 2 N–H and O–H groups in total. The summed E-state index contributed by atoms with van der Waals surface area (Å²) in [7, 11) is 1.59. The first-order chi connectivity index (χ1) is 16.7. The fraction of sp³-hybridized carbons (Fsp3) is 0.519. The average molecular weight is 484 g/mol. The summed E-state index contributed by atoms with van der Waals surface area (Å²) in [4.78, 5) is 41.8. The minimum atomic E-state index is -0.573. The number of piperidine rings is 1. The third kappa shape index (κ3) is 6.51. The molecule has 0 saturated carbocycles. The molecular weight excluding hydrogens is 446 g/mol. The highest BCUT2D eigenvalue weighted by molar-refractivity contribution is 5.99. The van der Waals surface area contributed by atoms with Gasteiger partial charge in [-0.1, -0.05) is 32.9 Å². The van der Waals surface area contributed by atoms with E-state index >= 15 is 0 Å². The molecule has 1 saturated heterocycles. The Morgan fingerprint density at radius 3 is 2.63 bits per heavy atom. The van der Waals surface area contributed by atoms with Crippen LogP contribution in [-0.2, 0) is 6.54 Å². The highest BCUT2D eigenvalue weighted by atomic mass is 16.5. The highest BCUT2D eigenvalue weighted by Gasteiger charge is 2.29. The van der Waals surface area contributed by atoms with E-state index in [2.05, 4.69) is 5.32 Å². The van der Waals surface area contributed by atoms with Crippen LogP contribution in [0.25, 0.3) is 0 Å². The largest absolute Gasteiger partial charge is 0.497 e. The van der Waals surface area contributed by atoms with Crippen LogP contribution < -0.4 is 15.5 Å². The van der Waals surface area contributed by atoms with Crippen LogP contribution in [0.1, 0.15) is 72.7 Å². The van der Waals surface area contributed by atoms with E-state index in [0.717, 1.165) is 31.2 Å². The zero-order valence-electron chi connectivity index (χ0n) is 21.2. The number of hydrogen-bond donors (Lipinski definition) is 2. The number of pyridine rings is 1. The first-order valence-electron chi connectivity index (χ1n) is 12.3. The second kappa shape index (κ2) is 11.5. The number of ether oxygens (including phenoxy) is 1. The summed E-state index contributed by atoms with van der Waals surface area (Å²) in [5.74, 6) is -0.189. The minimum absolute atomic E-state index is 0.00214. The molecule has 1 fully saturated rings. The fourth-order valence-electron chi connectivity index (χ4n) is 4.34. The van der Waals surface area contributed by atoms with Crippen molar-refractivity contribution in [1.82, 2.24) is 14.8 Å². The van der Waals surface area contributed by atoms with E-state index in [1.54, 1.807) is 22.8 Å². The Hall–Kier alpha value is -3.13. The Balaban J connectivity index is 2.01. The number of nitrogens with one attached hydrogen (secondary N) is 1. The monoisotopic (exact) mass is 483 g/mol. The maximum absolute atomic E-state index is 13.6. The smallest absolute Gasteiger partial charge is 0.259 e. The lowest BCUT2D eigenvalue weighted by Crippen LogP contribution is -2.46.